The number of rotatable bonds is 3. The third kappa shape index (κ3) is 3.70. The summed E-state index contributed by atoms with van der Waals surface area (Å²) in [5.41, 5.74) is 6.41. The summed E-state index contributed by atoms with van der Waals surface area (Å²) < 4.78 is 2.20. The van der Waals surface area contributed by atoms with Crippen molar-refractivity contribution >= 4 is 51.2 Å². The minimum atomic E-state index is -0.959. The molecule has 1 aromatic carbocycles. The molecule has 1 atom stereocenters. The molecular weight excluding hydrogens is 408 g/mol. The molecule has 0 saturated heterocycles. The van der Waals surface area contributed by atoms with Crippen LogP contribution in [0.15, 0.2) is 18.2 Å². The fraction of sp³-hybridized carbons (Fsp3) is 0.222. The maximum absolute atomic E-state index is 10.5. The number of benzene rings is 1. The molecule has 0 unspecified atom stereocenters. The van der Waals surface area contributed by atoms with Gasteiger partial charge in [0.25, 0.3) is 0 Å². The van der Waals surface area contributed by atoms with Gasteiger partial charge in [0.1, 0.15) is 6.04 Å². The monoisotopic (exact) mass is 417 g/mol. The molecule has 0 aliphatic carbocycles. The van der Waals surface area contributed by atoms with Crippen molar-refractivity contribution in [2.75, 3.05) is 0 Å². The summed E-state index contributed by atoms with van der Waals surface area (Å²) in [5.74, 6) is -0.959. The summed E-state index contributed by atoms with van der Waals surface area (Å²) in [6.45, 7) is 0. The van der Waals surface area contributed by atoms with Crippen molar-refractivity contribution in [3.05, 3.63) is 30.9 Å². The normalized spacial score (nSPS) is 12.5. The molecular formula is C9H9I2NO2. The maximum atomic E-state index is 10.5. The zero-order valence-corrected chi connectivity index (χ0v) is 11.5. The lowest BCUT2D eigenvalue weighted by atomic mass is 10.1. The molecule has 1 rings (SSSR count). The van der Waals surface area contributed by atoms with Crippen LogP contribution in [0.2, 0.25) is 0 Å². The van der Waals surface area contributed by atoms with Crippen molar-refractivity contribution < 1.29 is 9.90 Å². The van der Waals surface area contributed by atoms with Crippen molar-refractivity contribution in [1.82, 2.24) is 0 Å². The lowest BCUT2D eigenvalue weighted by Gasteiger charge is -2.07. The molecule has 3 nitrogen and oxygen atoms in total. The van der Waals surface area contributed by atoms with Crippen molar-refractivity contribution in [2.24, 2.45) is 5.73 Å². The first-order chi connectivity index (χ1) is 6.49. The van der Waals surface area contributed by atoms with Gasteiger partial charge in [0.2, 0.25) is 0 Å². The number of carboxylic acids is 1. The smallest absolute Gasteiger partial charge is 0.320 e. The SMILES string of the molecule is N[C@@H](Cc1cc(I)cc(I)c1)C(=O)O. The standard InChI is InChI=1S/C9H9I2NO2/c10-6-1-5(2-7(11)4-6)3-8(12)9(13)14/h1-2,4,8H,3,12H2,(H,13,14)/t8-/m0/s1. The largest absolute Gasteiger partial charge is 0.480 e. The van der Waals surface area contributed by atoms with E-state index in [0.717, 1.165) is 12.7 Å². The zero-order chi connectivity index (χ0) is 10.7. The van der Waals surface area contributed by atoms with Crippen LogP contribution < -0.4 is 5.73 Å². The van der Waals surface area contributed by atoms with Crippen LogP contribution in [0, 0.1) is 7.14 Å². The number of nitrogens with two attached hydrogens (primary N) is 1. The Morgan fingerprint density at radius 3 is 2.29 bits per heavy atom. The second-order valence-electron chi connectivity index (χ2n) is 2.93. The summed E-state index contributed by atoms with van der Waals surface area (Å²) in [6, 6.07) is 5.11. The Labute approximate surface area is 109 Å². The highest BCUT2D eigenvalue weighted by molar-refractivity contribution is 14.1. The van der Waals surface area contributed by atoms with Crippen molar-refractivity contribution in [2.45, 2.75) is 12.5 Å². The molecule has 5 heteroatoms. The Hall–Kier alpha value is 0.110. The number of carbonyl (C=O) groups is 1. The molecule has 76 valence electrons. The molecule has 14 heavy (non-hydrogen) atoms. The van der Waals surface area contributed by atoms with E-state index in [1.54, 1.807) is 0 Å². The first-order valence-corrected chi connectivity index (χ1v) is 6.08. The molecule has 0 aliphatic rings. The molecule has 0 aliphatic heterocycles. The van der Waals surface area contributed by atoms with E-state index in [-0.39, 0.29) is 0 Å². The number of hydrogen-bond donors (Lipinski definition) is 2. The lowest BCUT2D eigenvalue weighted by molar-refractivity contribution is -0.138. The van der Waals surface area contributed by atoms with Crippen LogP contribution in [-0.4, -0.2) is 17.1 Å². The van der Waals surface area contributed by atoms with Crippen LogP contribution in [0.4, 0.5) is 0 Å². The number of carboxylic acid groups (broad SMARTS) is 1. The van der Waals surface area contributed by atoms with Crippen molar-refractivity contribution in [3.63, 3.8) is 0 Å². The van der Waals surface area contributed by atoms with Gasteiger partial charge in [0.05, 0.1) is 0 Å². The summed E-state index contributed by atoms with van der Waals surface area (Å²) >= 11 is 4.40. The summed E-state index contributed by atoms with van der Waals surface area (Å²) in [6.07, 6.45) is 0.377. The van der Waals surface area contributed by atoms with Gasteiger partial charge in [-0.05, 0) is 75.4 Å². The van der Waals surface area contributed by atoms with Crippen LogP contribution in [0.25, 0.3) is 0 Å². The van der Waals surface area contributed by atoms with E-state index in [4.69, 9.17) is 10.8 Å². The first kappa shape index (κ1) is 12.2. The van der Waals surface area contributed by atoms with Crippen LogP contribution in [-0.2, 0) is 11.2 Å². The number of halogens is 2. The Balaban J connectivity index is 2.81. The molecule has 0 radical (unpaired) electrons. The number of hydrogen-bond acceptors (Lipinski definition) is 2. The predicted molar refractivity (Wildman–Crippen MR) is 71.2 cm³/mol. The average Bonchev–Trinajstić information content (AvgIpc) is 2.01. The minimum Gasteiger partial charge on any atom is -0.480 e. The van der Waals surface area contributed by atoms with Gasteiger partial charge >= 0.3 is 5.97 Å². The quantitative estimate of drug-likeness (QED) is 0.739. The fourth-order valence-corrected chi connectivity index (χ4v) is 3.14. The van der Waals surface area contributed by atoms with Gasteiger partial charge in [-0.15, -0.1) is 0 Å². The second-order valence-corrected chi connectivity index (χ2v) is 5.42. The summed E-state index contributed by atoms with van der Waals surface area (Å²) in [5, 5.41) is 8.65. The third-order valence-corrected chi connectivity index (χ3v) is 2.94. The van der Waals surface area contributed by atoms with Crippen LogP contribution in [0.1, 0.15) is 5.56 Å². The van der Waals surface area contributed by atoms with Crippen molar-refractivity contribution in [1.29, 1.82) is 0 Å². The average molecular weight is 417 g/mol. The van der Waals surface area contributed by atoms with Gasteiger partial charge in [-0.2, -0.15) is 0 Å². The molecule has 0 saturated carbocycles. The van der Waals surface area contributed by atoms with Crippen molar-refractivity contribution in [3.8, 4) is 0 Å². The molecule has 0 spiro atoms. The molecule has 3 N–H and O–H groups in total. The Kier molecular flexibility index (Phi) is 4.58. The third-order valence-electron chi connectivity index (χ3n) is 1.70. The molecule has 0 aromatic heterocycles. The Morgan fingerprint density at radius 2 is 1.86 bits per heavy atom. The summed E-state index contributed by atoms with van der Waals surface area (Å²) in [7, 11) is 0. The second kappa shape index (κ2) is 5.26. The van der Waals surface area contributed by atoms with E-state index >= 15 is 0 Å². The Morgan fingerprint density at radius 1 is 1.36 bits per heavy atom. The predicted octanol–water partition coefficient (Wildman–Crippen LogP) is 1.85. The fourth-order valence-electron chi connectivity index (χ4n) is 1.07. The lowest BCUT2D eigenvalue weighted by Crippen LogP contribution is -2.32. The highest BCUT2D eigenvalue weighted by Gasteiger charge is 2.12. The summed E-state index contributed by atoms with van der Waals surface area (Å²) in [4.78, 5) is 10.5. The van der Waals surface area contributed by atoms with Crippen LogP contribution in [0.5, 0.6) is 0 Å². The molecule has 0 heterocycles. The maximum Gasteiger partial charge on any atom is 0.320 e. The zero-order valence-electron chi connectivity index (χ0n) is 7.21. The topological polar surface area (TPSA) is 63.3 Å². The van der Waals surface area contributed by atoms with E-state index in [1.807, 2.05) is 18.2 Å². The van der Waals surface area contributed by atoms with Gasteiger partial charge in [-0.1, -0.05) is 0 Å². The molecule has 0 bridgehead atoms. The number of aliphatic carboxylic acids is 1. The molecule has 1 aromatic rings. The van der Waals surface area contributed by atoms with E-state index in [0.29, 0.717) is 6.42 Å². The molecule has 0 fully saturated rings. The van der Waals surface area contributed by atoms with Gasteiger partial charge < -0.3 is 10.8 Å². The van der Waals surface area contributed by atoms with Gasteiger partial charge in [0.15, 0.2) is 0 Å². The highest BCUT2D eigenvalue weighted by Crippen LogP contribution is 2.15. The van der Waals surface area contributed by atoms with Gasteiger partial charge in [-0.3, -0.25) is 4.79 Å². The van der Waals surface area contributed by atoms with E-state index in [2.05, 4.69) is 45.2 Å². The van der Waals surface area contributed by atoms with E-state index < -0.39 is 12.0 Å². The molecule has 0 amide bonds. The van der Waals surface area contributed by atoms with Gasteiger partial charge in [0, 0.05) is 7.14 Å². The van der Waals surface area contributed by atoms with E-state index in [1.165, 1.54) is 0 Å². The highest BCUT2D eigenvalue weighted by atomic mass is 127. The van der Waals surface area contributed by atoms with Crippen LogP contribution >= 0.6 is 45.2 Å². The first-order valence-electron chi connectivity index (χ1n) is 3.92. The van der Waals surface area contributed by atoms with Crippen LogP contribution in [0.3, 0.4) is 0 Å². The van der Waals surface area contributed by atoms with E-state index in [9.17, 15) is 4.79 Å². The Bertz CT molecular complexity index is 334. The van der Waals surface area contributed by atoms with Gasteiger partial charge in [-0.25, -0.2) is 0 Å². The minimum absolute atomic E-state index is 0.377.